The average Bonchev–Trinajstić information content (AvgIpc) is 2.96. The number of hydrogen-bond acceptors (Lipinski definition) is 3. The van der Waals surface area contributed by atoms with Crippen LogP contribution in [0.3, 0.4) is 0 Å². The van der Waals surface area contributed by atoms with E-state index < -0.39 is 10.0 Å². The molecule has 0 radical (unpaired) electrons. The molecule has 140 valence electrons. The molecule has 0 saturated carbocycles. The first kappa shape index (κ1) is 19.4. The molecule has 7 heteroatoms. The Balaban J connectivity index is 1.77. The number of nitrogens with zero attached hydrogens (tertiary/aromatic N) is 1. The number of ketones is 1. The molecule has 1 N–H and O–H groups in total. The maximum atomic E-state index is 12.7. The smallest absolute Gasteiger partial charge is 0.229 e. The molecule has 0 aliphatic carbocycles. The third kappa shape index (κ3) is 4.87. The fourth-order valence-electron chi connectivity index (χ4n) is 2.82. The third-order valence-corrected chi connectivity index (χ3v) is 5.34. The second-order valence-corrected chi connectivity index (χ2v) is 9.02. The minimum absolute atomic E-state index is 0.0241. The second kappa shape index (κ2) is 7.70. The number of benzene rings is 2. The maximum Gasteiger partial charge on any atom is 0.229 e. The van der Waals surface area contributed by atoms with Crippen LogP contribution < -0.4 is 4.72 Å². The summed E-state index contributed by atoms with van der Waals surface area (Å²) in [6.45, 7) is 0. The summed E-state index contributed by atoms with van der Waals surface area (Å²) in [5, 5.41) is 0. The van der Waals surface area contributed by atoms with Gasteiger partial charge in [0.1, 0.15) is 0 Å². The largest absolute Gasteiger partial charge is 0.345 e. The summed E-state index contributed by atoms with van der Waals surface area (Å²) in [4.78, 5) is 12.7. The second-order valence-electron chi connectivity index (χ2n) is 6.35. The van der Waals surface area contributed by atoms with Crippen molar-refractivity contribution in [2.75, 3.05) is 11.0 Å². The Labute approximate surface area is 167 Å². The van der Waals surface area contributed by atoms with E-state index in [1.54, 1.807) is 24.3 Å². The summed E-state index contributed by atoms with van der Waals surface area (Å²) in [5.41, 5.74) is 3.82. The van der Waals surface area contributed by atoms with E-state index in [1.807, 2.05) is 48.0 Å². The summed E-state index contributed by atoms with van der Waals surface area (Å²) >= 11 is 3.37. The lowest BCUT2D eigenvalue weighted by molar-refractivity contribution is 0.103. The predicted octanol–water partition coefficient (Wildman–Crippen LogP) is 3.98. The summed E-state index contributed by atoms with van der Waals surface area (Å²) in [5.74, 6) is -0.0241. The first-order chi connectivity index (χ1) is 12.7. The van der Waals surface area contributed by atoms with Gasteiger partial charge in [-0.1, -0.05) is 28.1 Å². The van der Waals surface area contributed by atoms with Gasteiger partial charge in [0.05, 0.1) is 11.9 Å². The van der Waals surface area contributed by atoms with Gasteiger partial charge in [-0.3, -0.25) is 9.52 Å². The van der Waals surface area contributed by atoms with Crippen molar-refractivity contribution >= 4 is 37.4 Å². The molecule has 1 aromatic heterocycles. The number of carbonyl (C=O) groups excluding carboxylic acids is 1. The predicted molar refractivity (Wildman–Crippen MR) is 111 cm³/mol. The number of sulfonamides is 1. The Morgan fingerprint density at radius 2 is 1.63 bits per heavy atom. The number of rotatable bonds is 6. The van der Waals surface area contributed by atoms with E-state index in [0.717, 1.165) is 22.0 Å². The minimum atomic E-state index is -3.29. The van der Waals surface area contributed by atoms with Crippen molar-refractivity contribution in [3.63, 3.8) is 0 Å². The van der Waals surface area contributed by atoms with Gasteiger partial charge in [-0.15, -0.1) is 0 Å². The lowest BCUT2D eigenvalue weighted by Crippen LogP contribution is -2.10. The molecule has 3 rings (SSSR count). The summed E-state index contributed by atoms with van der Waals surface area (Å²) < 4.78 is 27.8. The number of nitrogens with one attached hydrogen (secondary N) is 1. The highest BCUT2D eigenvalue weighted by Crippen LogP contribution is 2.19. The van der Waals surface area contributed by atoms with Crippen molar-refractivity contribution in [3.05, 3.63) is 87.7 Å². The van der Waals surface area contributed by atoms with Crippen molar-refractivity contribution < 1.29 is 13.2 Å². The average molecular weight is 447 g/mol. The van der Waals surface area contributed by atoms with Crippen LogP contribution in [-0.2, 0) is 23.5 Å². The Hall–Kier alpha value is -2.38. The Morgan fingerprint density at radius 3 is 2.22 bits per heavy atom. The molecule has 2 aromatic carbocycles. The molecule has 0 atom stereocenters. The van der Waals surface area contributed by atoms with Gasteiger partial charge in [0, 0.05) is 34.9 Å². The minimum Gasteiger partial charge on any atom is -0.345 e. The SMILES string of the molecule is Cn1c(Cc2ccc(NS(C)(=O)=O)cc2)ccc1C(=O)c1ccc(Br)cc1. The molecule has 3 aromatic rings. The van der Waals surface area contributed by atoms with E-state index in [0.29, 0.717) is 23.4 Å². The molecule has 27 heavy (non-hydrogen) atoms. The molecule has 0 aliphatic rings. The highest BCUT2D eigenvalue weighted by atomic mass is 79.9. The van der Waals surface area contributed by atoms with Crippen LogP contribution in [-0.4, -0.2) is 25.0 Å². The van der Waals surface area contributed by atoms with Crippen LogP contribution in [0.15, 0.2) is 65.1 Å². The first-order valence-corrected chi connectivity index (χ1v) is 10.9. The maximum absolute atomic E-state index is 12.7. The number of hydrogen-bond donors (Lipinski definition) is 1. The molecular weight excluding hydrogens is 428 g/mol. The normalized spacial score (nSPS) is 11.4. The zero-order valence-electron chi connectivity index (χ0n) is 14.9. The van der Waals surface area contributed by atoms with Crippen molar-refractivity contribution in [3.8, 4) is 0 Å². The Bertz CT molecular complexity index is 1070. The number of carbonyl (C=O) groups is 1. The van der Waals surface area contributed by atoms with Crippen molar-refractivity contribution in [1.82, 2.24) is 4.57 Å². The van der Waals surface area contributed by atoms with Crippen molar-refractivity contribution in [2.45, 2.75) is 6.42 Å². The summed E-state index contributed by atoms with van der Waals surface area (Å²) in [6, 6.07) is 18.3. The van der Waals surface area contributed by atoms with E-state index in [9.17, 15) is 13.2 Å². The molecule has 0 saturated heterocycles. The molecule has 0 fully saturated rings. The molecule has 0 amide bonds. The van der Waals surface area contributed by atoms with Gasteiger partial charge < -0.3 is 4.57 Å². The molecular formula is C20H19BrN2O3S. The van der Waals surface area contributed by atoms with Gasteiger partial charge in [0.15, 0.2) is 0 Å². The zero-order chi connectivity index (χ0) is 19.6. The summed E-state index contributed by atoms with van der Waals surface area (Å²) in [7, 11) is -1.41. The molecule has 1 heterocycles. The highest BCUT2D eigenvalue weighted by molar-refractivity contribution is 9.10. The molecule has 0 unspecified atom stereocenters. The first-order valence-electron chi connectivity index (χ1n) is 8.24. The third-order valence-electron chi connectivity index (χ3n) is 4.21. The molecule has 0 spiro atoms. The fraction of sp³-hybridized carbons (Fsp3) is 0.150. The van der Waals surface area contributed by atoms with Crippen LogP contribution in [0.5, 0.6) is 0 Å². The monoisotopic (exact) mass is 446 g/mol. The van der Waals surface area contributed by atoms with Crippen molar-refractivity contribution in [2.24, 2.45) is 7.05 Å². The lowest BCUT2D eigenvalue weighted by atomic mass is 10.1. The van der Waals surface area contributed by atoms with Gasteiger partial charge in [-0.25, -0.2) is 8.42 Å². The zero-order valence-corrected chi connectivity index (χ0v) is 17.3. The Morgan fingerprint density at radius 1 is 1.00 bits per heavy atom. The van der Waals surface area contributed by atoms with Crippen LogP contribution in [0.25, 0.3) is 0 Å². The molecule has 5 nitrogen and oxygen atoms in total. The quantitative estimate of drug-likeness (QED) is 0.582. The van der Waals surface area contributed by atoms with Gasteiger partial charge in [0.25, 0.3) is 0 Å². The number of halogens is 1. The Kier molecular flexibility index (Phi) is 5.53. The number of anilines is 1. The standard InChI is InChI=1S/C20H19BrN2O3S/c1-23-18(13-14-3-9-17(10-4-14)22-27(2,25)26)11-12-19(23)20(24)15-5-7-16(21)8-6-15/h3-12,22H,13H2,1-2H3. The fourth-order valence-corrected chi connectivity index (χ4v) is 3.65. The van der Waals surface area contributed by atoms with Crippen LogP contribution in [0, 0.1) is 0 Å². The molecule has 0 bridgehead atoms. The van der Waals surface area contributed by atoms with Crippen molar-refractivity contribution in [1.29, 1.82) is 0 Å². The highest BCUT2D eigenvalue weighted by Gasteiger charge is 2.15. The van der Waals surface area contributed by atoms with E-state index in [-0.39, 0.29) is 5.78 Å². The lowest BCUT2D eigenvalue weighted by Gasteiger charge is -2.09. The van der Waals surface area contributed by atoms with Crippen LogP contribution >= 0.6 is 15.9 Å². The van der Waals surface area contributed by atoms with Gasteiger partial charge >= 0.3 is 0 Å². The summed E-state index contributed by atoms with van der Waals surface area (Å²) in [6.07, 6.45) is 1.76. The molecule has 0 aliphatic heterocycles. The van der Waals surface area contributed by atoms with Crippen LogP contribution in [0.4, 0.5) is 5.69 Å². The van der Waals surface area contributed by atoms with Gasteiger partial charge in [-0.2, -0.15) is 0 Å². The van der Waals surface area contributed by atoms with Gasteiger partial charge in [-0.05, 0) is 54.1 Å². The van der Waals surface area contributed by atoms with E-state index in [4.69, 9.17) is 0 Å². The van der Waals surface area contributed by atoms with Crippen LogP contribution in [0.2, 0.25) is 0 Å². The topological polar surface area (TPSA) is 68.2 Å². The van der Waals surface area contributed by atoms with Crippen LogP contribution in [0.1, 0.15) is 27.3 Å². The van der Waals surface area contributed by atoms with E-state index >= 15 is 0 Å². The van der Waals surface area contributed by atoms with Gasteiger partial charge in [0.2, 0.25) is 15.8 Å². The number of aromatic nitrogens is 1. The van der Waals surface area contributed by atoms with E-state index in [1.165, 1.54) is 0 Å². The van der Waals surface area contributed by atoms with E-state index in [2.05, 4.69) is 20.7 Å².